The molecule has 1 rings (SSSR count). The van der Waals surface area contributed by atoms with Crippen molar-refractivity contribution in [3.05, 3.63) is 10.4 Å². The lowest BCUT2D eigenvalue weighted by atomic mass is 10.3. The number of hydrogen-bond acceptors (Lipinski definition) is 2. The fraction of sp³-hybridized carbons (Fsp3) is 1.00. The third kappa shape index (κ3) is 4.21. The molecule has 1 aliphatic carbocycles. The average molecular weight is 168 g/mol. The summed E-state index contributed by atoms with van der Waals surface area (Å²) in [4.78, 5) is 5.04. The largest absolute Gasteiger partial charge is 0.306 e. The van der Waals surface area contributed by atoms with Gasteiger partial charge in [0.25, 0.3) is 0 Å². The first-order valence-electron chi connectivity index (χ1n) is 4.52. The van der Waals surface area contributed by atoms with Crippen molar-refractivity contribution in [2.75, 3.05) is 26.7 Å². The molecular weight excluding hydrogens is 152 g/mol. The van der Waals surface area contributed by atoms with E-state index in [9.17, 15) is 0 Å². The van der Waals surface area contributed by atoms with Gasteiger partial charge in [0, 0.05) is 18.0 Å². The van der Waals surface area contributed by atoms with E-state index in [1.54, 1.807) is 0 Å². The Morgan fingerprint density at radius 3 is 2.92 bits per heavy atom. The van der Waals surface area contributed by atoms with E-state index in [0.29, 0.717) is 6.54 Å². The fourth-order valence-electron chi connectivity index (χ4n) is 1.29. The third-order valence-corrected chi connectivity index (χ3v) is 2.13. The molecule has 4 heteroatoms. The van der Waals surface area contributed by atoms with Gasteiger partial charge in [-0.3, -0.25) is 0 Å². The molecular formula is C8H16N4. The highest BCUT2D eigenvalue weighted by molar-refractivity contribution is 4.75. The molecule has 0 aromatic carbocycles. The molecule has 1 fully saturated rings. The number of nitrogens with zero attached hydrogens (tertiary/aromatic N) is 4. The molecule has 0 saturated heterocycles. The first-order valence-corrected chi connectivity index (χ1v) is 4.52. The zero-order valence-electron chi connectivity index (χ0n) is 7.61. The molecule has 0 radical (unpaired) electrons. The molecule has 1 aliphatic rings. The molecule has 4 nitrogen and oxygen atoms in total. The highest BCUT2D eigenvalue weighted by Gasteiger charge is 2.22. The average Bonchev–Trinajstić information content (AvgIpc) is 2.82. The Morgan fingerprint density at radius 2 is 2.33 bits per heavy atom. The van der Waals surface area contributed by atoms with E-state index in [-0.39, 0.29) is 0 Å². The molecule has 0 bridgehead atoms. The minimum absolute atomic E-state index is 0.630. The van der Waals surface area contributed by atoms with Gasteiger partial charge in [-0.25, -0.2) is 0 Å². The second-order valence-electron chi connectivity index (χ2n) is 3.51. The Labute approximate surface area is 73.2 Å². The van der Waals surface area contributed by atoms with Crippen molar-refractivity contribution >= 4 is 0 Å². The van der Waals surface area contributed by atoms with Crippen LogP contribution in [-0.2, 0) is 0 Å². The predicted octanol–water partition coefficient (Wildman–Crippen LogP) is 2.03. The molecule has 68 valence electrons. The van der Waals surface area contributed by atoms with Crippen LogP contribution in [0.25, 0.3) is 10.4 Å². The maximum absolute atomic E-state index is 8.03. The van der Waals surface area contributed by atoms with Crippen LogP contribution in [0.1, 0.15) is 19.3 Å². The SMILES string of the molecule is CN(CCCN=[N+]=[N-])CC1CC1. The standard InChI is InChI=1S/C8H16N4/c1-12(7-8-3-4-8)6-2-5-10-11-9/h8H,2-7H2,1H3. The van der Waals surface area contributed by atoms with Crippen molar-refractivity contribution in [3.63, 3.8) is 0 Å². The van der Waals surface area contributed by atoms with Crippen molar-refractivity contribution in [1.29, 1.82) is 0 Å². The maximum Gasteiger partial charge on any atom is 0.0270 e. The van der Waals surface area contributed by atoms with Gasteiger partial charge in [0.1, 0.15) is 0 Å². The van der Waals surface area contributed by atoms with Crippen LogP contribution < -0.4 is 0 Å². The van der Waals surface area contributed by atoms with E-state index in [0.717, 1.165) is 18.9 Å². The highest BCUT2D eigenvalue weighted by atomic mass is 15.1. The Kier molecular flexibility index (Phi) is 3.91. The summed E-state index contributed by atoms with van der Waals surface area (Å²) in [5.41, 5.74) is 8.03. The number of hydrogen-bond donors (Lipinski definition) is 0. The zero-order chi connectivity index (χ0) is 8.81. The quantitative estimate of drug-likeness (QED) is 0.259. The van der Waals surface area contributed by atoms with Crippen molar-refractivity contribution < 1.29 is 0 Å². The first-order chi connectivity index (χ1) is 5.83. The Hall–Kier alpha value is -0.730. The van der Waals surface area contributed by atoms with Gasteiger partial charge in [0.2, 0.25) is 0 Å². The van der Waals surface area contributed by atoms with Crippen LogP contribution in [0.3, 0.4) is 0 Å². The molecule has 0 unspecified atom stereocenters. The summed E-state index contributed by atoms with van der Waals surface area (Å²) in [5, 5.41) is 3.49. The van der Waals surface area contributed by atoms with E-state index in [2.05, 4.69) is 22.0 Å². The summed E-state index contributed by atoms with van der Waals surface area (Å²) >= 11 is 0. The second-order valence-corrected chi connectivity index (χ2v) is 3.51. The van der Waals surface area contributed by atoms with E-state index >= 15 is 0 Å². The van der Waals surface area contributed by atoms with E-state index in [4.69, 9.17) is 5.53 Å². The van der Waals surface area contributed by atoms with Crippen LogP contribution >= 0.6 is 0 Å². The van der Waals surface area contributed by atoms with Crippen LogP contribution in [0.2, 0.25) is 0 Å². The summed E-state index contributed by atoms with van der Waals surface area (Å²) in [7, 11) is 2.13. The maximum atomic E-state index is 8.03. The number of rotatable bonds is 6. The third-order valence-electron chi connectivity index (χ3n) is 2.13. The van der Waals surface area contributed by atoms with Gasteiger partial charge in [-0.1, -0.05) is 5.11 Å². The minimum Gasteiger partial charge on any atom is -0.306 e. The highest BCUT2D eigenvalue weighted by Crippen LogP contribution is 2.29. The molecule has 0 spiro atoms. The van der Waals surface area contributed by atoms with Crippen LogP contribution in [0.5, 0.6) is 0 Å². The lowest BCUT2D eigenvalue weighted by Crippen LogP contribution is -2.22. The smallest absolute Gasteiger partial charge is 0.0270 e. The van der Waals surface area contributed by atoms with Crippen molar-refractivity contribution in [3.8, 4) is 0 Å². The van der Waals surface area contributed by atoms with Gasteiger partial charge >= 0.3 is 0 Å². The molecule has 0 aromatic heterocycles. The topological polar surface area (TPSA) is 52.0 Å². The lowest BCUT2D eigenvalue weighted by Gasteiger charge is -2.14. The zero-order valence-corrected chi connectivity index (χ0v) is 7.61. The molecule has 0 aromatic rings. The molecule has 0 amide bonds. The van der Waals surface area contributed by atoms with Crippen LogP contribution in [0.15, 0.2) is 5.11 Å². The normalized spacial score (nSPS) is 16.2. The Bertz CT molecular complexity index is 170. The van der Waals surface area contributed by atoms with E-state index in [1.807, 2.05) is 0 Å². The summed E-state index contributed by atoms with van der Waals surface area (Å²) < 4.78 is 0. The van der Waals surface area contributed by atoms with Crippen LogP contribution in [0.4, 0.5) is 0 Å². The monoisotopic (exact) mass is 168 g/mol. The van der Waals surface area contributed by atoms with Gasteiger partial charge in [-0.2, -0.15) is 0 Å². The Balaban J connectivity index is 1.93. The summed E-state index contributed by atoms with van der Waals surface area (Å²) in [5.74, 6) is 0.953. The fourth-order valence-corrected chi connectivity index (χ4v) is 1.29. The summed E-state index contributed by atoms with van der Waals surface area (Å²) in [6, 6.07) is 0. The van der Waals surface area contributed by atoms with E-state index in [1.165, 1.54) is 19.4 Å². The van der Waals surface area contributed by atoms with Crippen LogP contribution in [-0.4, -0.2) is 31.6 Å². The lowest BCUT2D eigenvalue weighted by molar-refractivity contribution is 0.318. The minimum atomic E-state index is 0.630. The van der Waals surface area contributed by atoms with Gasteiger partial charge in [-0.05, 0) is 44.3 Å². The summed E-state index contributed by atoms with van der Waals surface area (Å²) in [6.45, 7) is 2.90. The second kappa shape index (κ2) is 5.01. The first kappa shape index (κ1) is 9.36. The number of azide groups is 1. The van der Waals surface area contributed by atoms with Gasteiger partial charge in [-0.15, -0.1) is 0 Å². The molecule has 0 atom stereocenters. The molecule has 0 heterocycles. The summed E-state index contributed by atoms with van der Waals surface area (Å²) in [6.07, 6.45) is 3.79. The van der Waals surface area contributed by atoms with Gasteiger partial charge in [0.05, 0.1) is 0 Å². The van der Waals surface area contributed by atoms with Crippen LogP contribution in [0, 0.1) is 5.92 Å². The van der Waals surface area contributed by atoms with Crippen molar-refractivity contribution in [2.24, 2.45) is 11.0 Å². The Morgan fingerprint density at radius 1 is 1.58 bits per heavy atom. The molecule has 1 saturated carbocycles. The predicted molar refractivity (Wildman–Crippen MR) is 48.9 cm³/mol. The van der Waals surface area contributed by atoms with Crippen molar-refractivity contribution in [1.82, 2.24) is 4.90 Å². The molecule has 0 aliphatic heterocycles. The van der Waals surface area contributed by atoms with Crippen molar-refractivity contribution in [2.45, 2.75) is 19.3 Å². The molecule has 12 heavy (non-hydrogen) atoms. The van der Waals surface area contributed by atoms with E-state index < -0.39 is 0 Å². The van der Waals surface area contributed by atoms with Gasteiger partial charge < -0.3 is 4.90 Å². The van der Waals surface area contributed by atoms with Gasteiger partial charge in [0.15, 0.2) is 0 Å². The molecule has 0 N–H and O–H groups in total.